The number of hydrogen-bond donors (Lipinski definition) is 1. The highest BCUT2D eigenvalue weighted by molar-refractivity contribution is 7.14. The summed E-state index contributed by atoms with van der Waals surface area (Å²) in [7, 11) is 0. The van der Waals surface area contributed by atoms with Gasteiger partial charge in [-0.1, -0.05) is 31.2 Å². The number of aromatic nitrogens is 3. The van der Waals surface area contributed by atoms with Crippen molar-refractivity contribution in [2.75, 3.05) is 5.32 Å². The van der Waals surface area contributed by atoms with Crippen molar-refractivity contribution >= 4 is 28.0 Å². The Labute approximate surface area is 159 Å². The van der Waals surface area contributed by atoms with Gasteiger partial charge in [0, 0.05) is 17.1 Å². The Balaban J connectivity index is 1.60. The van der Waals surface area contributed by atoms with Crippen LogP contribution in [-0.2, 0) is 6.42 Å². The molecule has 0 bridgehead atoms. The van der Waals surface area contributed by atoms with Gasteiger partial charge in [-0.3, -0.25) is 14.5 Å². The summed E-state index contributed by atoms with van der Waals surface area (Å²) >= 11 is 1.35. The Morgan fingerprint density at radius 2 is 1.96 bits per heavy atom. The van der Waals surface area contributed by atoms with E-state index in [1.807, 2.05) is 17.5 Å². The summed E-state index contributed by atoms with van der Waals surface area (Å²) in [5.74, 6) is -0.797. The van der Waals surface area contributed by atoms with Crippen LogP contribution < -0.4 is 5.32 Å². The van der Waals surface area contributed by atoms with Gasteiger partial charge < -0.3 is 0 Å². The van der Waals surface area contributed by atoms with E-state index in [4.69, 9.17) is 0 Å². The minimum absolute atomic E-state index is 0.300. The van der Waals surface area contributed by atoms with Crippen molar-refractivity contribution in [2.24, 2.45) is 0 Å². The predicted octanol–water partition coefficient (Wildman–Crippen LogP) is 4.72. The Bertz CT molecular complexity index is 1130. The van der Waals surface area contributed by atoms with Crippen molar-refractivity contribution in [3.63, 3.8) is 0 Å². The van der Waals surface area contributed by atoms with Gasteiger partial charge in [-0.2, -0.15) is 0 Å². The number of benzene rings is 1. The van der Waals surface area contributed by atoms with Gasteiger partial charge >= 0.3 is 0 Å². The highest BCUT2D eigenvalue weighted by Crippen LogP contribution is 2.26. The van der Waals surface area contributed by atoms with E-state index >= 15 is 0 Å². The summed E-state index contributed by atoms with van der Waals surface area (Å²) in [5, 5.41) is 5.18. The standard InChI is InChI=1S/C20H17FN4OS/c1-3-13-4-6-14(7-5-13)16-11-27-20(23-16)24-19(26)18-12(2)22-17-9-8-15(21)10-25(17)18/h4-11H,3H2,1-2H3,(H,23,24,26). The number of rotatable bonds is 4. The van der Waals surface area contributed by atoms with Crippen LogP contribution in [0.2, 0.25) is 0 Å². The summed E-state index contributed by atoms with van der Waals surface area (Å²) < 4.78 is 15.0. The molecule has 3 aromatic heterocycles. The van der Waals surface area contributed by atoms with Crippen LogP contribution in [0.25, 0.3) is 16.9 Å². The first-order chi connectivity index (χ1) is 13.0. The first-order valence-electron chi connectivity index (χ1n) is 8.55. The van der Waals surface area contributed by atoms with E-state index in [0.29, 0.717) is 22.2 Å². The van der Waals surface area contributed by atoms with Crippen LogP contribution in [0.4, 0.5) is 9.52 Å². The fraction of sp³-hybridized carbons (Fsp3) is 0.150. The van der Waals surface area contributed by atoms with Crippen molar-refractivity contribution in [3.8, 4) is 11.3 Å². The van der Waals surface area contributed by atoms with E-state index in [1.165, 1.54) is 33.6 Å². The molecule has 0 radical (unpaired) electrons. The van der Waals surface area contributed by atoms with Gasteiger partial charge in [-0.05, 0) is 31.0 Å². The molecule has 136 valence electrons. The van der Waals surface area contributed by atoms with E-state index in [-0.39, 0.29) is 5.91 Å². The number of anilines is 1. The van der Waals surface area contributed by atoms with Crippen molar-refractivity contribution < 1.29 is 9.18 Å². The number of nitrogens with zero attached hydrogens (tertiary/aromatic N) is 3. The third-order valence-electron chi connectivity index (χ3n) is 4.35. The second-order valence-electron chi connectivity index (χ2n) is 6.16. The average Bonchev–Trinajstić information content (AvgIpc) is 3.25. The monoisotopic (exact) mass is 380 g/mol. The maximum Gasteiger partial charge on any atom is 0.276 e. The molecule has 1 aromatic carbocycles. The van der Waals surface area contributed by atoms with Crippen LogP contribution in [0, 0.1) is 12.7 Å². The molecule has 4 rings (SSSR count). The minimum atomic E-state index is -0.430. The Morgan fingerprint density at radius 3 is 2.70 bits per heavy atom. The number of nitrogens with one attached hydrogen (secondary N) is 1. The zero-order chi connectivity index (χ0) is 19.0. The molecule has 0 fully saturated rings. The number of hydrogen-bond acceptors (Lipinski definition) is 4. The molecule has 27 heavy (non-hydrogen) atoms. The first kappa shape index (κ1) is 17.4. The number of imidazole rings is 1. The summed E-state index contributed by atoms with van der Waals surface area (Å²) in [5.41, 5.74) is 4.42. The molecule has 0 aliphatic heterocycles. The third-order valence-corrected chi connectivity index (χ3v) is 5.11. The number of amides is 1. The lowest BCUT2D eigenvalue weighted by atomic mass is 10.1. The molecule has 3 heterocycles. The van der Waals surface area contributed by atoms with Gasteiger partial charge in [-0.25, -0.2) is 14.4 Å². The van der Waals surface area contributed by atoms with Crippen LogP contribution in [0.3, 0.4) is 0 Å². The maximum atomic E-state index is 13.6. The Morgan fingerprint density at radius 1 is 1.19 bits per heavy atom. The second kappa shape index (κ2) is 6.92. The van der Waals surface area contributed by atoms with E-state index in [9.17, 15) is 9.18 Å². The van der Waals surface area contributed by atoms with E-state index in [1.54, 1.807) is 13.0 Å². The smallest absolute Gasteiger partial charge is 0.276 e. The third kappa shape index (κ3) is 3.33. The summed E-state index contributed by atoms with van der Waals surface area (Å²) in [4.78, 5) is 21.5. The Kier molecular flexibility index (Phi) is 4.45. The molecule has 0 aliphatic rings. The molecule has 0 saturated carbocycles. The molecule has 0 atom stereocenters. The van der Waals surface area contributed by atoms with Gasteiger partial charge in [0.15, 0.2) is 5.13 Å². The van der Waals surface area contributed by atoms with Gasteiger partial charge in [0.25, 0.3) is 5.91 Å². The molecule has 1 amide bonds. The molecular weight excluding hydrogens is 363 g/mol. The van der Waals surface area contributed by atoms with Crippen molar-refractivity contribution in [1.29, 1.82) is 0 Å². The van der Waals surface area contributed by atoms with E-state index in [0.717, 1.165) is 17.7 Å². The van der Waals surface area contributed by atoms with Gasteiger partial charge in [0.1, 0.15) is 17.2 Å². The quantitative estimate of drug-likeness (QED) is 0.557. The number of pyridine rings is 1. The number of thiazole rings is 1. The maximum absolute atomic E-state index is 13.6. The average molecular weight is 380 g/mol. The van der Waals surface area contributed by atoms with Gasteiger partial charge in [0.05, 0.1) is 11.4 Å². The lowest BCUT2D eigenvalue weighted by Gasteiger charge is -2.03. The Hall–Kier alpha value is -3.06. The molecule has 0 unspecified atom stereocenters. The molecule has 0 spiro atoms. The van der Waals surface area contributed by atoms with E-state index in [2.05, 4.69) is 34.3 Å². The van der Waals surface area contributed by atoms with E-state index < -0.39 is 5.82 Å². The van der Waals surface area contributed by atoms with Crippen LogP contribution in [0.1, 0.15) is 28.7 Å². The minimum Gasteiger partial charge on any atom is -0.296 e. The molecule has 1 N–H and O–H groups in total. The number of carbonyl (C=O) groups excluding carboxylic acids is 1. The number of aryl methyl sites for hydroxylation is 2. The highest BCUT2D eigenvalue weighted by atomic mass is 32.1. The van der Waals surface area contributed by atoms with Crippen LogP contribution in [0.15, 0.2) is 48.0 Å². The van der Waals surface area contributed by atoms with Crippen molar-refractivity contribution in [1.82, 2.24) is 14.4 Å². The molecular formula is C20H17FN4OS. The lowest BCUT2D eigenvalue weighted by Crippen LogP contribution is -2.15. The number of fused-ring (bicyclic) bond motifs is 1. The number of carbonyl (C=O) groups is 1. The van der Waals surface area contributed by atoms with Crippen LogP contribution >= 0.6 is 11.3 Å². The SMILES string of the molecule is CCc1ccc(-c2csc(NC(=O)c3c(C)nc4ccc(F)cn34)n2)cc1. The van der Waals surface area contributed by atoms with Crippen molar-refractivity contribution in [3.05, 3.63) is 70.7 Å². The highest BCUT2D eigenvalue weighted by Gasteiger charge is 2.18. The van der Waals surface area contributed by atoms with Gasteiger partial charge in [-0.15, -0.1) is 11.3 Å². The summed E-state index contributed by atoms with van der Waals surface area (Å²) in [6, 6.07) is 11.1. The molecule has 0 saturated heterocycles. The van der Waals surface area contributed by atoms with Crippen LogP contribution in [0.5, 0.6) is 0 Å². The molecule has 7 heteroatoms. The normalized spacial score (nSPS) is 11.1. The zero-order valence-electron chi connectivity index (χ0n) is 14.9. The van der Waals surface area contributed by atoms with Crippen molar-refractivity contribution in [2.45, 2.75) is 20.3 Å². The lowest BCUT2D eigenvalue weighted by molar-refractivity contribution is 0.102. The van der Waals surface area contributed by atoms with Gasteiger partial charge in [0.2, 0.25) is 0 Å². The number of halogens is 1. The second-order valence-corrected chi connectivity index (χ2v) is 7.02. The zero-order valence-corrected chi connectivity index (χ0v) is 15.7. The topological polar surface area (TPSA) is 59.3 Å². The fourth-order valence-corrected chi connectivity index (χ4v) is 3.66. The first-order valence-corrected chi connectivity index (χ1v) is 9.43. The fourth-order valence-electron chi connectivity index (χ4n) is 2.94. The van der Waals surface area contributed by atoms with Crippen LogP contribution in [-0.4, -0.2) is 20.3 Å². The summed E-state index contributed by atoms with van der Waals surface area (Å²) in [6.45, 7) is 3.84. The molecule has 5 nitrogen and oxygen atoms in total. The summed E-state index contributed by atoms with van der Waals surface area (Å²) in [6.07, 6.45) is 2.24. The molecule has 0 aliphatic carbocycles. The predicted molar refractivity (Wildman–Crippen MR) is 105 cm³/mol. The molecule has 4 aromatic rings. The largest absolute Gasteiger partial charge is 0.296 e.